The number of nitrogens with zero attached hydrogens (tertiary/aromatic N) is 1. The third-order valence-electron chi connectivity index (χ3n) is 2.27. The molecule has 1 aromatic heterocycles. The highest BCUT2D eigenvalue weighted by Gasteiger charge is 2.10. The number of rotatable bonds is 3. The minimum atomic E-state index is -0.522. The molecule has 0 spiro atoms. The summed E-state index contributed by atoms with van der Waals surface area (Å²) in [4.78, 5) is 10.5. The highest BCUT2D eigenvalue weighted by molar-refractivity contribution is 5.82. The van der Waals surface area contributed by atoms with Gasteiger partial charge in [-0.3, -0.25) is 4.79 Å². The quantitative estimate of drug-likeness (QED) is 0.444. The van der Waals surface area contributed by atoms with Crippen LogP contribution < -0.4 is 9.47 Å². The SMILES string of the molecule is C[C@H](C=O)Oc1cccc2c1ccc[n+]2[O-]. The second kappa shape index (κ2) is 4.18. The van der Waals surface area contributed by atoms with Gasteiger partial charge in [0.25, 0.3) is 0 Å². The molecule has 1 aromatic carbocycles. The fraction of sp³-hybridized carbons (Fsp3) is 0.167. The number of carbonyl (C=O) groups is 1. The molecular weight excluding hydrogens is 206 g/mol. The van der Waals surface area contributed by atoms with Crippen molar-refractivity contribution in [3.05, 3.63) is 41.7 Å². The number of aromatic nitrogens is 1. The lowest BCUT2D eigenvalue weighted by molar-refractivity contribution is -0.577. The van der Waals surface area contributed by atoms with Crippen LogP contribution in [0.1, 0.15) is 6.92 Å². The van der Waals surface area contributed by atoms with Crippen molar-refractivity contribution in [2.45, 2.75) is 13.0 Å². The molecule has 0 radical (unpaired) electrons. The summed E-state index contributed by atoms with van der Waals surface area (Å²) in [6, 6.07) is 8.61. The van der Waals surface area contributed by atoms with E-state index >= 15 is 0 Å². The molecule has 4 heteroatoms. The highest BCUT2D eigenvalue weighted by Crippen LogP contribution is 2.23. The van der Waals surface area contributed by atoms with Gasteiger partial charge in [-0.05, 0) is 19.1 Å². The van der Waals surface area contributed by atoms with Crippen molar-refractivity contribution in [3.8, 4) is 5.75 Å². The Labute approximate surface area is 92.7 Å². The predicted octanol–water partition coefficient (Wildman–Crippen LogP) is 1.44. The van der Waals surface area contributed by atoms with Gasteiger partial charge >= 0.3 is 0 Å². The van der Waals surface area contributed by atoms with Crippen LogP contribution in [0, 0.1) is 5.21 Å². The Bertz CT molecular complexity index is 525. The molecule has 0 saturated heterocycles. The summed E-state index contributed by atoms with van der Waals surface area (Å²) in [5, 5.41) is 12.2. The topological polar surface area (TPSA) is 53.2 Å². The van der Waals surface area contributed by atoms with Crippen LogP contribution >= 0.6 is 0 Å². The largest absolute Gasteiger partial charge is 0.618 e. The molecule has 0 aliphatic carbocycles. The van der Waals surface area contributed by atoms with Crippen molar-refractivity contribution in [2.75, 3.05) is 0 Å². The Morgan fingerprint density at radius 3 is 2.94 bits per heavy atom. The van der Waals surface area contributed by atoms with Crippen LogP contribution in [0.2, 0.25) is 0 Å². The molecule has 4 nitrogen and oxygen atoms in total. The minimum absolute atomic E-state index is 0.522. The number of carbonyl (C=O) groups excluding carboxylic acids is 1. The van der Waals surface area contributed by atoms with Gasteiger partial charge in [-0.2, -0.15) is 4.73 Å². The van der Waals surface area contributed by atoms with Crippen molar-refractivity contribution in [1.82, 2.24) is 0 Å². The second-order valence-corrected chi connectivity index (χ2v) is 3.48. The van der Waals surface area contributed by atoms with E-state index in [0.29, 0.717) is 22.9 Å². The van der Waals surface area contributed by atoms with Crippen molar-refractivity contribution in [2.24, 2.45) is 0 Å². The maximum Gasteiger partial charge on any atom is 0.227 e. The molecule has 0 aliphatic rings. The third kappa shape index (κ3) is 1.82. The summed E-state index contributed by atoms with van der Waals surface area (Å²) in [7, 11) is 0. The van der Waals surface area contributed by atoms with E-state index in [1.165, 1.54) is 6.20 Å². The minimum Gasteiger partial charge on any atom is -0.618 e. The van der Waals surface area contributed by atoms with Gasteiger partial charge in [0.1, 0.15) is 5.75 Å². The van der Waals surface area contributed by atoms with Crippen molar-refractivity contribution >= 4 is 17.2 Å². The molecule has 82 valence electrons. The van der Waals surface area contributed by atoms with Gasteiger partial charge in [0.15, 0.2) is 18.6 Å². The first-order valence-electron chi connectivity index (χ1n) is 4.95. The maximum absolute atomic E-state index is 11.5. The van der Waals surface area contributed by atoms with Crippen LogP contribution in [-0.2, 0) is 4.79 Å². The first-order chi connectivity index (χ1) is 7.72. The molecular formula is C12H11NO3. The molecule has 0 fully saturated rings. The maximum atomic E-state index is 11.5. The third-order valence-corrected chi connectivity index (χ3v) is 2.27. The normalized spacial score (nSPS) is 12.3. The summed E-state index contributed by atoms with van der Waals surface area (Å²) in [6.45, 7) is 1.65. The van der Waals surface area contributed by atoms with Crippen LogP contribution in [-0.4, -0.2) is 12.4 Å². The average molecular weight is 217 g/mol. The standard InChI is InChI=1S/C12H11NO3/c1-9(8-14)16-12-6-2-5-11-10(12)4-3-7-13(11)15/h2-9H,1H3/t9-/m1/s1. The summed E-state index contributed by atoms with van der Waals surface area (Å²) >= 11 is 0. The molecule has 16 heavy (non-hydrogen) atoms. The Hall–Kier alpha value is -2.10. The van der Waals surface area contributed by atoms with E-state index in [1.54, 1.807) is 37.3 Å². The fourth-order valence-corrected chi connectivity index (χ4v) is 1.52. The smallest absolute Gasteiger partial charge is 0.227 e. The molecule has 2 aromatic rings. The van der Waals surface area contributed by atoms with E-state index in [0.717, 1.165) is 4.73 Å². The molecule has 1 atom stereocenters. The van der Waals surface area contributed by atoms with Gasteiger partial charge in [-0.25, -0.2) is 0 Å². The van der Waals surface area contributed by atoms with Crippen molar-refractivity contribution in [3.63, 3.8) is 0 Å². The summed E-state index contributed by atoms with van der Waals surface area (Å²) in [5.41, 5.74) is 0.526. The van der Waals surface area contributed by atoms with E-state index in [4.69, 9.17) is 4.74 Å². The lowest BCUT2D eigenvalue weighted by Crippen LogP contribution is -2.26. The zero-order valence-corrected chi connectivity index (χ0v) is 8.79. The van der Waals surface area contributed by atoms with Crippen molar-refractivity contribution in [1.29, 1.82) is 0 Å². The molecule has 0 unspecified atom stereocenters. The predicted molar refractivity (Wildman–Crippen MR) is 59.1 cm³/mol. The van der Waals surface area contributed by atoms with Gasteiger partial charge in [0.05, 0.1) is 5.39 Å². The van der Waals surface area contributed by atoms with E-state index in [2.05, 4.69) is 0 Å². The average Bonchev–Trinajstić information content (AvgIpc) is 2.30. The number of benzene rings is 1. The number of aldehydes is 1. The molecule has 1 heterocycles. The molecule has 0 N–H and O–H groups in total. The van der Waals surface area contributed by atoms with Gasteiger partial charge in [-0.15, -0.1) is 0 Å². The lowest BCUT2D eigenvalue weighted by Gasteiger charge is -2.10. The van der Waals surface area contributed by atoms with Gasteiger partial charge in [0.2, 0.25) is 5.52 Å². The van der Waals surface area contributed by atoms with Crippen LogP contribution in [0.4, 0.5) is 0 Å². The summed E-state index contributed by atoms with van der Waals surface area (Å²) in [6.07, 6.45) is 1.62. The van der Waals surface area contributed by atoms with E-state index in [1.807, 2.05) is 0 Å². The van der Waals surface area contributed by atoms with E-state index in [-0.39, 0.29) is 0 Å². The monoisotopic (exact) mass is 217 g/mol. The Morgan fingerprint density at radius 2 is 2.19 bits per heavy atom. The number of fused-ring (bicyclic) bond motifs is 1. The molecule has 0 aliphatic heterocycles. The zero-order chi connectivity index (χ0) is 11.5. The Kier molecular flexibility index (Phi) is 2.72. The first kappa shape index (κ1) is 10.4. The van der Waals surface area contributed by atoms with Gasteiger partial charge in [-0.1, -0.05) is 6.07 Å². The molecule has 2 rings (SSSR count). The molecule has 0 amide bonds. The van der Waals surface area contributed by atoms with Gasteiger partial charge in [0, 0.05) is 12.1 Å². The fourth-order valence-electron chi connectivity index (χ4n) is 1.52. The zero-order valence-electron chi connectivity index (χ0n) is 8.79. The molecule has 0 saturated carbocycles. The van der Waals surface area contributed by atoms with Crippen molar-refractivity contribution < 1.29 is 14.3 Å². The van der Waals surface area contributed by atoms with Crippen LogP contribution in [0.3, 0.4) is 0 Å². The molecule has 0 bridgehead atoms. The highest BCUT2D eigenvalue weighted by atomic mass is 16.5. The lowest BCUT2D eigenvalue weighted by atomic mass is 10.2. The Morgan fingerprint density at radius 1 is 1.38 bits per heavy atom. The van der Waals surface area contributed by atoms with Crippen LogP contribution in [0.5, 0.6) is 5.75 Å². The van der Waals surface area contributed by atoms with Crippen LogP contribution in [0.15, 0.2) is 36.5 Å². The van der Waals surface area contributed by atoms with E-state index < -0.39 is 6.10 Å². The van der Waals surface area contributed by atoms with Crippen LogP contribution in [0.25, 0.3) is 10.9 Å². The number of hydrogen-bond donors (Lipinski definition) is 0. The number of hydrogen-bond acceptors (Lipinski definition) is 3. The number of ether oxygens (including phenoxy) is 1. The Balaban J connectivity index is 2.53. The van der Waals surface area contributed by atoms with E-state index in [9.17, 15) is 10.0 Å². The summed E-state index contributed by atoms with van der Waals surface area (Å²) in [5.74, 6) is 0.544. The van der Waals surface area contributed by atoms with Gasteiger partial charge < -0.3 is 9.94 Å². The first-order valence-corrected chi connectivity index (χ1v) is 4.95. The summed E-state index contributed by atoms with van der Waals surface area (Å²) < 4.78 is 6.18. The second-order valence-electron chi connectivity index (χ2n) is 3.48. The number of pyridine rings is 1.